The van der Waals surface area contributed by atoms with E-state index in [2.05, 4.69) is 5.32 Å². The van der Waals surface area contributed by atoms with Crippen molar-refractivity contribution in [2.45, 2.75) is 38.9 Å². The zero-order chi connectivity index (χ0) is 17.3. The van der Waals surface area contributed by atoms with Crippen molar-refractivity contribution in [2.75, 3.05) is 31.6 Å². The van der Waals surface area contributed by atoms with Gasteiger partial charge in [-0.3, -0.25) is 4.79 Å². The van der Waals surface area contributed by atoms with E-state index in [1.165, 1.54) is 0 Å². The summed E-state index contributed by atoms with van der Waals surface area (Å²) in [7, 11) is 0. The highest BCUT2D eigenvalue weighted by molar-refractivity contribution is 5.97. The topological polar surface area (TPSA) is 67.9 Å². The molecule has 1 spiro atoms. The number of amides is 2. The molecule has 2 aliphatic rings. The van der Waals surface area contributed by atoms with Gasteiger partial charge in [-0.2, -0.15) is 0 Å². The summed E-state index contributed by atoms with van der Waals surface area (Å²) in [6, 6.07) is 5.19. The molecule has 2 fully saturated rings. The minimum atomic E-state index is -0.372. The van der Waals surface area contributed by atoms with Gasteiger partial charge in [0.25, 0.3) is 0 Å². The van der Waals surface area contributed by atoms with Crippen molar-refractivity contribution in [1.29, 1.82) is 0 Å². The van der Waals surface area contributed by atoms with Crippen molar-refractivity contribution < 1.29 is 19.1 Å². The number of aryl methyl sites for hydroxylation is 1. The molecule has 2 heterocycles. The molecular weight excluding hydrogens is 308 g/mol. The summed E-state index contributed by atoms with van der Waals surface area (Å²) in [5.74, 6) is 0.0237. The number of carbonyl (C=O) groups excluding carboxylic acids is 2. The molecule has 2 aliphatic heterocycles. The summed E-state index contributed by atoms with van der Waals surface area (Å²) in [6.07, 6.45) is 0.793. The number of morpholine rings is 1. The van der Waals surface area contributed by atoms with E-state index in [1.54, 1.807) is 24.0 Å². The SMILES string of the molecule is CC(=O)c1ccc(NC(=O)N2CC(C)OC3(CCOC3)C2)cc1C. The summed E-state index contributed by atoms with van der Waals surface area (Å²) in [6.45, 7) is 7.69. The molecule has 24 heavy (non-hydrogen) atoms. The minimum absolute atomic E-state index is 0.0203. The molecule has 2 atom stereocenters. The first-order chi connectivity index (χ1) is 11.4. The minimum Gasteiger partial charge on any atom is -0.378 e. The lowest BCUT2D eigenvalue weighted by atomic mass is 9.99. The number of nitrogens with zero attached hydrogens (tertiary/aromatic N) is 1. The van der Waals surface area contributed by atoms with E-state index in [1.807, 2.05) is 19.9 Å². The van der Waals surface area contributed by atoms with E-state index in [9.17, 15) is 9.59 Å². The van der Waals surface area contributed by atoms with Gasteiger partial charge in [-0.05, 0) is 44.5 Å². The fraction of sp³-hybridized carbons (Fsp3) is 0.556. The van der Waals surface area contributed by atoms with E-state index < -0.39 is 0 Å². The number of rotatable bonds is 2. The maximum Gasteiger partial charge on any atom is 0.322 e. The number of ketones is 1. The quantitative estimate of drug-likeness (QED) is 0.845. The molecule has 130 valence electrons. The molecule has 2 amide bonds. The Morgan fingerprint density at radius 1 is 1.38 bits per heavy atom. The van der Waals surface area contributed by atoms with Crippen molar-refractivity contribution >= 4 is 17.5 Å². The van der Waals surface area contributed by atoms with Crippen molar-refractivity contribution in [2.24, 2.45) is 0 Å². The number of hydrogen-bond acceptors (Lipinski definition) is 4. The van der Waals surface area contributed by atoms with E-state index in [0.29, 0.717) is 37.6 Å². The smallest absolute Gasteiger partial charge is 0.322 e. The molecule has 6 nitrogen and oxygen atoms in total. The van der Waals surface area contributed by atoms with Crippen LogP contribution in [0.4, 0.5) is 10.5 Å². The van der Waals surface area contributed by atoms with E-state index in [-0.39, 0.29) is 23.5 Å². The van der Waals surface area contributed by atoms with Crippen molar-refractivity contribution in [1.82, 2.24) is 4.90 Å². The van der Waals surface area contributed by atoms with Crippen LogP contribution in [0.15, 0.2) is 18.2 Å². The number of ether oxygens (including phenoxy) is 2. The van der Waals surface area contributed by atoms with Crippen LogP contribution in [0.5, 0.6) is 0 Å². The van der Waals surface area contributed by atoms with Crippen LogP contribution < -0.4 is 5.32 Å². The average Bonchev–Trinajstić information content (AvgIpc) is 2.93. The number of carbonyl (C=O) groups is 2. The molecule has 2 unspecified atom stereocenters. The fourth-order valence-electron chi connectivity index (χ4n) is 3.52. The van der Waals surface area contributed by atoms with Gasteiger partial charge in [0.2, 0.25) is 0 Å². The molecule has 1 N–H and O–H groups in total. The predicted octanol–water partition coefficient (Wildman–Crippen LogP) is 2.61. The predicted molar refractivity (Wildman–Crippen MR) is 90.5 cm³/mol. The Morgan fingerprint density at radius 3 is 2.79 bits per heavy atom. The fourth-order valence-corrected chi connectivity index (χ4v) is 3.52. The molecule has 6 heteroatoms. The van der Waals surface area contributed by atoms with Gasteiger partial charge in [-0.15, -0.1) is 0 Å². The Morgan fingerprint density at radius 2 is 2.17 bits per heavy atom. The Balaban J connectivity index is 1.70. The number of Topliss-reactive ketones (excluding diaryl/α,β-unsaturated/α-hetero) is 1. The maximum atomic E-state index is 12.6. The monoisotopic (exact) mass is 332 g/mol. The van der Waals surface area contributed by atoms with Crippen LogP contribution >= 0.6 is 0 Å². The maximum absolute atomic E-state index is 12.6. The van der Waals surface area contributed by atoms with Crippen molar-refractivity contribution in [3.05, 3.63) is 29.3 Å². The third-order valence-corrected chi connectivity index (χ3v) is 4.62. The van der Waals surface area contributed by atoms with Crippen LogP contribution in [-0.4, -0.2) is 54.7 Å². The molecule has 2 saturated heterocycles. The number of anilines is 1. The number of benzene rings is 1. The summed E-state index contributed by atoms with van der Waals surface area (Å²) in [4.78, 5) is 25.9. The zero-order valence-corrected chi connectivity index (χ0v) is 14.4. The number of nitrogens with one attached hydrogen (secondary N) is 1. The first kappa shape index (κ1) is 16.9. The van der Waals surface area contributed by atoms with Gasteiger partial charge in [0.1, 0.15) is 5.60 Å². The largest absolute Gasteiger partial charge is 0.378 e. The Bertz CT molecular complexity index is 652. The normalized spacial score (nSPS) is 26.6. The molecule has 1 aromatic carbocycles. The van der Waals surface area contributed by atoms with E-state index in [4.69, 9.17) is 9.47 Å². The Kier molecular flexibility index (Phi) is 4.60. The van der Waals surface area contributed by atoms with Crippen LogP contribution in [0.2, 0.25) is 0 Å². The lowest BCUT2D eigenvalue weighted by Gasteiger charge is -2.42. The highest BCUT2D eigenvalue weighted by atomic mass is 16.6. The van der Waals surface area contributed by atoms with E-state index >= 15 is 0 Å². The van der Waals surface area contributed by atoms with Gasteiger partial charge in [-0.1, -0.05) is 0 Å². The van der Waals surface area contributed by atoms with E-state index in [0.717, 1.165) is 12.0 Å². The standard InChI is InChI=1S/C18H24N2O4/c1-12-8-15(4-5-16(12)14(3)21)19-17(22)20-9-13(2)24-18(10-20)6-7-23-11-18/h4-5,8,13H,6-7,9-11H2,1-3H3,(H,19,22). The molecule has 0 radical (unpaired) electrons. The van der Waals surface area contributed by atoms with Crippen molar-refractivity contribution in [3.8, 4) is 0 Å². The molecule has 0 aromatic heterocycles. The third kappa shape index (κ3) is 3.44. The van der Waals surface area contributed by atoms with Gasteiger partial charge in [0, 0.05) is 30.8 Å². The lowest BCUT2D eigenvalue weighted by Crippen LogP contribution is -2.57. The molecule has 3 rings (SSSR count). The Labute approximate surface area is 142 Å². The highest BCUT2D eigenvalue weighted by Crippen LogP contribution is 2.30. The Hall–Kier alpha value is -1.92. The van der Waals surface area contributed by atoms with Gasteiger partial charge in [0.15, 0.2) is 5.78 Å². The highest BCUT2D eigenvalue weighted by Gasteiger charge is 2.44. The summed E-state index contributed by atoms with van der Waals surface area (Å²) in [5, 5.41) is 2.92. The van der Waals surface area contributed by atoms with Crippen LogP contribution in [-0.2, 0) is 9.47 Å². The second kappa shape index (κ2) is 6.53. The number of hydrogen-bond donors (Lipinski definition) is 1. The van der Waals surface area contributed by atoms with Crippen LogP contribution in [0.3, 0.4) is 0 Å². The first-order valence-corrected chi connectivity index (χ1v) is 8.32. The summed E-state index contributed by atoms with van der Waals surface area (Å²) >= 11 is 0. The van der Waals surface area contributed by atoms with Crippen LogP contribution in [0.25, 0.3) is 0 Å². The lowest BCUT2D eigenvalue weighted by molar-refractivity contribution is -0.136. The molecule has 0 saturated carbocycles. The third-order valence-electron chi connectivity index (χ3n) is 4.62. The first-order valence-electron chi connectivity index (χ1n) is 8.32. The molecule has 1 aromatic rings. The van der Waals surface area contributed by atoms with Crippen molar-refractivity contribution in [3.63, 3.8) is 0 Å². The second-order valence-corrected chi connectivity index (χ2v) is 6.81. The van der Waals surface area contributed by atoms with Crippen LogP contribution in [0, 0.1) is 6.92 Å². The average molecular weight is 332 g/mol. The number of urea groups is 1. The molecular formula is C18H24N2O4. The summed E-state index contributed by atoms with van der Waals surface area (Å²) in [5.41, 5.74) is 1.85. The van der Waals surface area contributed by atoms with Gasteiger partial charge in [0.05, 0.1) is 19.3 Å². The summed E-state index contributed by atoms with van der Waals surface area (Å²) < 4.78 is 11.5. The van der Waals surface area contributed by atoms with Gasteiger partial charge < -0.3 is 19.7 Å². The molecule has 0 aliphatic carbocycles. The van der Waals surface area contributed by atoms with Gasteiger partial charge in [-0.25, -0.2) is 4.79 Å². The van der Waals surface area contributed by atoms with Crippen LogP contribution in [0.1, 0.15) is 36.2 Å². The van der Waals surface area contributed by atoms with Gasteiger partial charge >= 0.3 is 6.03 Å². The zero-order valence-electron chi connectivity index (χ0n) is 14.4. The molecule has 0 bridgehead atoms. The second-order valence-electron chi connectivity index (χ2n) is 6.81.